The Bertz CT molecular complexity index is 1010. The largest absolute Gasteiger partial charge is 0.493 e. The Balaban J connectivity index is 1.26. The van der Waals surface area contributed by atoms with E-state index in [0.717, 1.165) is 49.5 Å². The van der Waals surface area contributed by atoms with E-state index in [-0.39, 0.29) is 5.91 Å². The first-order valence-electron chi connectivity index (χ1n) is 11.0. The second kappa shape index (κ2) is 8.94. The Morgan fingerprint density at radius 1 is 1.13 bits per heavy atom. The molecule has 1 aliphatic carbocycles. The van der Waals surface area contributed by atoms with Gasteiger partial charge in [0.2, 0.25) is 0 Å². The van der Waals surface area contributed by atoms with Crippen molar-refractivity contribution >= 4 is 5.91 Å². The molecule has 2 aromatic carbocycles. The van der Waals surface area contributed by atoms with Crippen LogP contribution < -0.4 is 4.74 Å². The van der Waals surface area contributed by atoms with Crippen molar-refractivity contribution in [1.29, 1.82) is 0 Å². The van der Waals surface area contributed by atoms with Gasteiger partial charge in [-0.3, -0.25) is 4.79 Å². The average molecular weight is 418 g/mol. The molecule has 1 saturated heterocycles. The van der Waals surface area contributed by atoms with Gasteiger partial charge in [0.1, 0.15) is 5.75 Å². The molecule has 5 rings (SSSR count). The monoisotopic (exact) mass is 417 g/mol. The van der Waals surface area contributed by atoms with E-state index in [4.69, 9.17) is 9.47 Å². The van der Waals surface area contributed by atoms with Crippen molar-refractivity contribution in [2.75, 3.05) is 19.8 Å². The lowest BCUT2D eigenvalue weighted by molar-refractivity contribution is 0.0729. The van der Waals surface area contributed by atoms with Gasteiger partial charge < -0.3 is 14.4 Å². The number of carbonyl (C=O) groups excluding carboxylic acids is 1. The molecule has 0 radical (unpaired) electrons. The molecule has 160 valence electrons. The van der Waals surface area contributed by atoms with Crippen molar-refractivity contribution in [1.82, 2.24) is 14.7 Å². The van der Waals surface area contributed by atoms with Crippen LogP contribution in [0.5, 0.6) is 5.75 Å². The number of amides is 1. The normalized spacial score (nSPS) is 18.1. The predicted octanol–water partition coefficient (Wildman–Crippen LogP) is 4.09. The van der Waals surface area contributed by atoms with Crippen LogP contribution in [0.3, 0.4) is 0 Å². The molecule has 2 heterocycles. The van der Waals surface area contributed by atoms with Gasteiger partial charge in [-0.2, -0.15) is 5.10 Å². The Hall–Kier alpha value is -3.12. The van der Waals surface area contributed by atoms with Crippen molar-refractivity contribution in [3.8, 4) is 11.4 Å². The summed E-state index contributed by atoms with van der Waals surface area (Å²) in [5, 5.41) is 4.24. The van der Waals surface area contributed by atoms with Gasteiger partial charge in [-0.25, -0.2) is 4.68 Å². The lowest BCUT2D eigenvalue weighted by atomic mass is 10.1. The van der Waals surface area contributed by atoms with Gasteiger partial charge in [0.25, 0.3) is 5.91 Å². The number of hydrogen-bond acceptors (Lipinski definition) is 4. The van der Waals surface area contributed by atoms with Gasteiger partial charge in [0, 0.05) is 43.1 Å². The molecule has 1 saturated carbocycles. The fourth-order valence-electron chi connectivity index (χ4n) is 3.96. The van der Waals surface area contributed by atoms with Gasteiger partial charge >= 0.3 is 0 Å². The van der Waals surface area contributed by atoms with E-state index >= 15 is 0 Å². The number of aromatic nitrogens is 2. The Kier molecular flexibility index (Phi) is 5.71. The second-order valence-electron chi connectivity index (χ2n) is 8.35. The fraction of sp³-hybridized carbons (Fsp3) is 0.360. The molecule has 0 bridgehead atoms. The van der Waals surface area contributed by atoms with Crippen LogP contribution in [-0.4, -0.2) is 46.5 Å². The zero-order valence-corrected chi connectivity index (χ0v) is 17.5. The highest BCUT2D eigenvalue weighted by atomic mass is 16.5. The minimum Gasteiger partial charge on any atom is -0.493 e. The first kappa shape index (κ1) is 19.8. The summed E-state index contributed by atoms with van der Waals surface area (Å²) in [6, 6.07) is 18.0. The highest BCUT2D eigenvalue weighted by Gasteiger charge is 2.33. The van der Waals surface area contributed by atoms with E-state index in [1.165, 1.54) is 0 Å². The van der Waals surface area contributed by atoms with E-state index in [1.807, 2.05) is 53.6 Å². The molecule has 1 aromatic heterocycles. The maximum atomic E-state index is 13.3. The van der Waals surface area contributed by atoms with Crippen LogP contribution in [0.2, 0.25) is 0 Å². The van der Waals surface area contributed by atoms with Crippen LogP contribution >= 0.6 is 0 Å². The maximum Gasteiger partial charge on any atom is 0.254 e. The molecule has 0 spiro atoms. The highest BCUT2D eigenvalue weighted by molar-refractivity contribution is 5.94. The summed E-state index contributed by atoms with van der Waals surface area (Å²) in [7, 11) is 0. The summed E-state index contributed by atoms with van der Waals surface area (Å²) in [5.41, 5.74) is 2.74. The fourth-order valence-corrected chi connectivity index (χ4v) is 3.96. The third-order valence-electron chi connectivity index (χ3n) is 5.89. The van der Waals surface area contributed by atoms with Crippen molar-refractivity contribution < 1.29 is 14.3 Å². The van der Waals surface area contributed by atoms with Crippen LogP contribution in [0.4, 0.5) is 0 Å². The van der Waals surface area contributed by atoms with E-state index in [0.29, 0.717) is 30.7 Å². The lowest BCUT2D eigenvalue weighted by Gasteiger charge is -2.23. The molecule has 1 atom stereocenters. The van der Waals surface area contributed by atoms with E-state index in [1.54, 1.807) is 10.9 Å². The minimum absolute atomic E-state index is 0.0731. The van der Waals surface area contributed by atoms with Crippen LogP contribution in [0.1, 0.15) is 35.2 Å². The second-order valence-corrected chi connectivity index (χ2v) is 8.35. The average Bonchev–Trinajstić information content (AvgIpc) is 3.26. The van der Waals surface area contributed by atoms with Crippen LogP contribution in [-0.2, 0) is 11.3 Å². The molecule has 1 amide bonds. The van der Waals surface area contributed by atoms with E-state index in [9.17, 15) is 4.79 Å². The lowest BCUT2D eigenvalue weighted by Crippen LogP contribution is -2.32. The number of rotatable bonds is 8. The molecule has 31 heavy (non-hydrogen) atoms. The number of hydrogen-bond donors (Lipinski definition) is 0. The maximum absolute atomic E-state index is 13.3. The molecule has 6 nitrogen and oxygen atoms in total. The number of ether oxygens (including phenoxy) is 2. The first-order chi connectivity index (χ1) is 15.3. The summed E-state index contributed by atoms with van der Waals surface area (Å²) in [4.78, 5) is 15.3. The van der Waals surface area contributed by atoms with Crippen molar-refractivity contribution in [2.24, 2.45) is 5.92 Å². The Morgan fingerprint density at radius 3 is 2.71 bits per heavy atom. The van der Waals surface area contributed by atoms with Crippen molar-refractivity contribution in [3.05, 3.63) is 78.1 Å². The number of benzene rings is 2. The van der Waals surface area contributed by atoms with E-state index in [2.05, 4.69) is 17.2 Å². The SMILES string of the molecule is O=C(c1ccc(-n2cccn2)cc1)N(Cc1cccc(OC[C@@H]2CCOC2)c1)C1CC1. The Labute approximate surface area is 182 Å². The third kappa shape index (κ3) is 4.80. The molecular formula is C25H27N3O3. The van der Waals surface area contributed by atoms with Gasteiger partial charge in [-0.05, 0) is 67.3 Å². The minimum atomic E-state index is 0.0731. The smallest absolute Gasteiger partial charge is 0.254 e. The molecular weight excluding hydrogens is 390 g/mol. The van der Waals surface area contributed by atoms with Crippen molar-refractivity contribution in [2.45, 2.75) is 31.8 Å². The molecule has 0 unspecified atom stereocenters. The van der Waals surface area contributed by atoms with Crippen LogP contribution in [0, 0.1) is 5.92 Å². The topological polar surface area (TPSA) is 56.6 Å². The standard InChI is InChI=1S/C25H27N3O3/c29-25(21-5-7-23(8-6-21)28-13-2-12-26-28)27(22-9-10-22)16-19-3-1-4-24(15-19)31-18-20-11-14-30-17-20/h1-8,12-13,15,20,22H,9-11,14,16-18H2/t20-/m1/s1. The highest BCUT2D eigenvalue weighted by Crippen LogP contribution is 2.30. The van der Waals surface area contributed by atoms with Gasteiger partial charge in [-0.1, -0.05) is 12.1 Å². The molecule has 2 aliphatic rings. The van der Waals surface area contributed by atoms with Crippen molar-refractivity contribution in [3.63, 3.8) is 0 Å². The zero-order valence-electron chi connectivity index (χ0n) is 17.5. The number of nitrogens with zero attached hydrogens (tertiary/aromatic N) is 3. The van der Waals surface area contributed by atoms with Crippen LogP contribution in [0.25, 0.3) is 5.69 Å². The number of carbonyl (C=O) groups is 1. The van der Waals surface area contributed by atoms with Gasteiger partial charge in [0.15, 0.2) is 0 Å². The summed E-state index contributed by atoms with van der Waals surface area (Å²) >= 11 is 0. The summed E-state index contributed by atoms with van der Waals surface area (Å²) in [6.07, 6.45) is 6.82. The zero-order chi connectivity index (χ0) is 21.0. The summed E-state index contributed by atoms with van der Waals surface area (Å²) in [6.45, 7) is 2.88. The molecule has 1 aliphatic heterocycles. The molecule has 0 N–H and O–H groups in total. The van der Waals surface area contributed by atoms with E-state index < -0.39 is 0 Å². The molecule has 2 fully saturated rings. The third-order valence-corrected chi connectivity index (χ3v) is 5.89. The predicted molar refractivity (Wildman–Crippen MR) is 117 cm³/mol. The molecule has 3 aromatic rings. The quantitative estimate of drug-likeness (QED) is 0.554. The van der Waals surface area contributed by atoms with Gasteiger partial charge in [-0.15, -0.1) is 0 Å². The van der Waals surface area contributed by atoms with Gasteiger partial charge in [0.05, 0.1) is 18.9 Å². The Morgan fingerprint density at radius 2 is 2.00 bits per heavy atom. The molecule has 6 heteroatoms. The first-order valence-corrected chi connectivity index (χ1v) is 11.0. The summed E-state index contributed by atoms with van der Waals surface area (Å²) < 4.78 is 13.2. The summed E-state index contributed by atoms with van der Waals surface area (Å²) in [5.74, 6) is 1.40. The van der Waals surface area contributed by atoms with Crippen LogP contribution in [0.15, 0.2) is 67.0 Å².